The normalized spacial score (nSPS) is 11.8. The van der Waals surface area contributed by atoms with Crippen LogP contribution in [0.15, 0.2) is 24.4 Å². The molecule has 0 spiro atoms. The number of aromatic nitrogens is 2. The van der Waals surface area contributed by atoms with E-state index in [9.17, 15) is 14.0 Å². The molecule has 24 heavy (non-hydrogen) atoms. The van der Waals surface area contributed by atoms with Crippen molar-refractivity contribution in [2.45, 2.75) is 12.1 Å². The van der Waals surface area contributed by atoms with Crippen molar-refractivity contribution in [3.63, 3.8) is 0 Å². The van der Waals surface area contributed by atoms with Crippen molar-refractivity contribution in [3.8, 4) is 0 Å². The minimum absolute atomic E-state index is 0.0327. The standard InChI is InChI=1S/C15H8B3FN2O2S/c1-15(17,18)12(23)10-13(16)24-14(21-10)11(22)8-5-20-9-4-6(19)2-3-7(8)9/h2-5,20H,1H3. The Morgan fingerprint density at radius 2 is 2.04 bits per heavy atom. The molecule has 0 fully saturated rings. The summed E-state index contributed by atoms with van der Waals surface area (Å²) in [5, 5.41) is -1.06. The Morgan fingerprint density at radius 1 is 1.33 bits per heavy atom. The molecule has 0 saturated carbocycles. The van der Waals surface area contributed by atoms with Crippen LogP contribution >= 0.6 is 11.3 Å². The first-order chi connectivity index (χ1) is 11.2. The molecule has 0 atom stereocenters. The molecule has 0 saturated heterocycles. The molecule has 3 aromatic rings. The molecule has 0 unspecified atom stereocenters. The summed E-state index contributed by atoms with van der Waals surface area (Å²) >= 11 is 0.874. The minimum atomic E-state index is -1.64. The minimum Gasteiger partial charge on any atom is -0.360 e. The van der Waals surface area contributed by atoms with E-state index in [1.54, 1.807) is 0 Å². The second-order valence-corrected chi connectivity index (χ2v) is 6.60. The quantitative estimate of drug-likeness (QED) is 0.581. The summed E-state index contributed by atoms with van der Waals surface area (Å²) in [4.78, 5) is 31.6. The van der Waals surface area contributed by atoms with Crippen LogP contribution in [-0.4, -0.2) is 45.1 Å². The number of carbonyl (C=O) groups is 2. The molecule has 1 N–H and O–H groups in total. The number of nitrogens with one attached hydrogen (secondary N) is 1. The molecular formula is C15H8B3FN2O2S. The molecule has 0 bridgehead atoms. The molecule has 9 heteroatoms. The van der Waals surface area contributed by atoms with Crippen LogP contribution in [0.1, 0.15) is 32.8 Å². The van der Waals surface area contributed by atoms with Crippen LogP contribution in [0.5, 0.6) is 0 Å². The average Bonchev–Trinajstić information content (AvgIpc) is 3.08. The van der Waals surface area contributed by atoms with Gasteiger partial charge in [0.15, 0.2) is 10.8 Å². The number of carbonyl (C=O) groups excluding carboxylic acids is 2. The number of H-pyrrole nitrogens is 1. The summed E-state index contributed by atoms with van der Waals surface area (Å²) in [7, 11) is 16.9. The number of halogens is 1. The van der Waals surface area contributed by atoms with Gasteiger partial charge in [0.1, 0.15) is 19.4 Å². The Bertz CT molecular complexity index is 975. The van der Waals surface area contributed by atoms with Gasteiger partial charge in [-0.25, -0.2) is 9.37 Å². The first-order valence-electron chi connectivity index (χ1n) is 6.88. The number of hydrogen-bond acceptors (Lipinski definition) is 4. The zero-order chi connectivity index (χ0) is 17.6. The van der Waals surface area contributed by atoms with E-state index in [2.05, 4.69) is 9.97 Å². The highest BCUT2D eigenvalue weighted by molar-refractivity contribution is 7.22. The Labute approximate surface area is 145 Å². The largest absolute Gasteiger partial charge is 0.360 e. The second kappa shape index (κ2) is 5.74. The fourth-order valence-corrected chi connectivity index (χ4v) is 3.03. The summed E-state index contributed by atoms with van der Waals surface area (Å²) in [6, 6.07) is 4.03. The van der Waals surface area contributed by atoms with Gasteiger partial charge in [-0.1, -0.05) is 6.92 Å². The van der Waals surface area contributed by atoms with Crippen LogP contribution in [0.4, 0.5) is 4.39 Å². The molecule has 112 valence electrons. The second-order valence-electron chi connectivity index (χ2n) is 5.57. The van der Waals surface area contributed by atoms with Crippen LogP contribution in [0, 0.1) is 5.82 Å². The van der Waals surface area contributed by atoms with Crippen LogP contribution in [0.25, 0.3) is 10.9 Å². The van der Waals surface area contributed by atoms with Crippen molar-refractivity contribution in [1.29, 1.82) is 0 Å². The van der Waals surface area contributed by atoms with Gasteiger partial charge >= 0.3 is 0 Å². The Balaban J connectivity index is 2.03. The van der Waals surface area contributed by atoms with Crippen LogP contribution in [0.3, 0.4) is 0 Å². The van der Waals surface area contributed by atoms with E-state index in [0.29, 0.717) is 16.5 Å². The van der Waals surface area contributed by atoms with Crippen molar-refractivity contribution in [2.75, 3.05) is 0 Å². The third-order valence-electron chi connectivity index (χ3n) is 3.44. The predicted octanol–water partition coefficient (Wildman–Crippen LogP) is 1.44. The van der Waals surface area contributed by atoms with Gasteiger partial charge in [-0.05, 0) is 28.2 Å². The number of aromatic amines is 1. The summed E-state index contributed by atoms with van der Waals surface area (Å²) in [6.45, 7) is 1.32. The number of thiazole rings is 1. The maximum Gasteiger partial charge on any atom is 0.223 e. The van der Waals surface area contributed by atoms with E-state index in [1.807, 2.05) is 0 Å². The number of fused-ring (bicyclic) bond motifs is 1. The summed E-state index contributed by atoms with van der Waals surface area (Å²) in [5.41, 5.74) is 0.665. The molecule has 2 heterocycles. The highest BCUT2D eigenvalue weighted by Crippen LogP contribution is 2.25. The van der Waals surface area contributed by atoms with Crippen molar-refractivity contribution >= 4 is 62.1 Å². The number of rotatable bonds is 4. The van der Waals surface area contributed by atoms with Crippen molar-refractivity contribution in [1.82, 2.24) is 9.97 Å². The zero-order valence-electron chi connectivity index (χ0n) is 12.6. The van der Waals surface area contributed by atoms with Crippen LogP contribution < -0.4 is 4.78 Å². The molecule has 6 radical (unpaired) electrons. The molecule has 0 aliphatic carbocycles. The van der Waals surface area contributed by atoms with Crippen molar-refractivity contribution in [2.24, 2.45) is 0 Å². The van der Waals surface area contributed by atoms with Gasteiger partial charge in [0.05, 0.1) is 21.3 Å². The monoisotopic (exact) mass is 332 g/mol. The number of ketones is 2. The molecule has 2 aromatic heterocycles. The Hall–Kier alpha value is -2.15. The van der Waals surface area contributed by atoms with Gasteiger partial charge in [0.25, 0.3) is 0 Å². The fraction of sp³-hybridized carbons (Fsp3) is 0.133. The lowest BCUT2D eigenvalue weighted by Crippen LogP contribution is -2.26. The van der Waals surface area contributed by atoms with Gasteiger partial charge in [-0.15, -0.1) is 11.3 Å². The average molecular weight is 332 g/mol. The first-order valence-corrected chi connectivity index (χ1v) is 7.70. The first kappa shape index (κ1) is 16.7. The highest BCUT2D eigenvalue weighted by Gasteiger charge is 2.28. The van der Waals surface area contributed by atoms with E-state index in [4.69, 9.17) is 23.5 Å². The summed E-state index contributed by atoms with van der Waals surface area (Å²) in [5.74, 6) is -1.50. The van der Waals surface area contributed by atoms with Gasteiger partial charge in [-0.3, -0.25) is 9.59 Å². The van der Waals surface area contributed by atoms with Crippen LogP contribution in [-0.2, 0) is 0 Å². The number of hydrogen-bond donors (Lipinski definition) is 1. The summed E-state index contributed by atoms with van der Waals surface area (Å²) < 4.78 is 13.3. The lowest BCUT2D eigenvalue weighted by Gasteiger charge is -2.16. The summed E-state index contributed by atoms with van der Waals surface area (Å²) in [6.07, 6.45) is 1.46. The van der Waals surface area contributed by atoms with Gasteiger partial charge in [0.2, 0.25) is 5.78 Å². The van der Waals surface area contributed by atoms with E-state index >= 15 is 0 Å². The molecule has 3 rings (SSSR count). The maximum atomic E-state index is 13.2. The van der Waals surface area contributed by atoms with Crippen LogP contribution in [0.2, 0.25) is 5.21 Å². The van der Waals surface area contributed by atoms with E-state index in [0.717, 1.165) is 11.3 Å². The van der Waals surface area contributed by atoms with Gasteiger partial charge in [-0.2, -0.15) is 0 Å². The molecular weight excluding hydrogens is 324 g/mol. The zero-order valence-corrected chi connectivity index (χ0v) is 13.4. The smallest absolute Gasteiger partial charge is 0.223 e. The number of Topliss-reactive ketones (excluding diaryl/α,β-unsaturated/α-hetero) is 1. The van der Waals surface area contributed by atoms with E-state index in [1.165, 1.54) is 31.3 Å². The third kappa shape index (κ3) is 2.84. The lowest BCUT2D eigenvalue weighted by atomic mass is 9.53. The topological polar surface area (TPSA) is 62.8 Å². The van der Waals surface area contributed by atoms with Crippen molar-refractivity contribution in [3.05, 3.63) is 46.5 Å². The fourth-order valence-electron chi connectivity index (χ4n) is 2.25. The third-order valence-corrected chi connectivity index (χ3v) is 4.32. The molecule has 0 aliphatic heterocycles. The Kier molecular flexibility index (Phi) is 3.99. The molecule has 0 aliphatic rings. The van der Waals surface area contributed by atoms with E-state index in [-0.39, 0.29) is 15.5 Å². The van der Waals surface area contributed by atoms with Crippen molar-refractivity contribution < 1.29 is 14.0 Å². The van der Waals surface area contributed by atoms with Gasteiger partial charge < -0.3 is 4.98 Å². The van der Waals surface area contributed by atoms with E-state index < -0.39 is 22.6 Å². The highest BCUT2D eigenvalue weighted by atomic mass is 32.1. The van der Waals surface area contributed by atoms with Gasteiger partial charge in [0, 0.05) is 17.1 Å². The molecule has 0 amide bonds. The molecule has 4 nitrogen and oxygen atoms in total. The predicted molar refractivity (Wildman–Crippen MR) is 93.4 cm³/mol. The number of benzene rings is 1. The molecule has 1 aromatic carbocycles. The Morgan fingerprint density at radius 3 is 2.71 bits per heavy atom. The SMILES string of the molecule is [B]c1sc(C(=O)c2c[nH]c3cc(F)ccc23)nc1C(=O)C([B])([B])C. The maximum absolute atomic E-state index is 13.2. The lowest BCUT2D eigenvalue weighted by molar-refractivity contribution is 0.0971. The number of nitrogens with zero attached hydrogens (tertiary/aromatic N) is 1.